The quantitative estimate of drug-likeness (QED) is 0.702. The second-order valence-electron chi connectivity index (χ2n) is 5.33. The average molecular weight is 315 g/mol. The lowest BCUT2D eigenvalue weighted by Crippen LogP contribution is -2.39. The van der Waals surface area contributed by atoms with Crippen molar-refractivity contribution in [2.45, 2.75) is 30.2 Å². The van der Waals surface area contributed by atoms with Crippen LogP contribution in [-0.2, 0) is 17.1 Å². The van der Waals surface area contributed by atoms with Gasteiger partial charge in [-0.25, -0.2) is 13.1 Å². The third-order valence-electron chi connectivity index (χ3n) is 4.00. The highest BCUT2D eigenvalue weighted by molar-refractivity contribution is 7.89. The molecule has 2 unspecified atom stereocenters. The molecule has 1 amide bonds. The van der Waals surface area contributed by atoms with E-state index in [0.717, 1.165) is 19.3 Å². The maximum atomic E-state index is 12.3. The fourth-order valence-electron chi connectivity index (χ4n) is 2.71. The lowest BCUT2D eigenvalue weighted by Gasteiger charge is -2.19. The molecule has 2 atom stereocenters. The van der Waals surface area contributed by atoms with E-state index in [1.807, 2.05) is 0 Å². The van der Waals surface area contributed by atoms with Crippen LogP contribution in [0.4, 0.5) is 0 Å². The second kappa shape index (κ2) is 6.17. The number of carbonyl (C=O) groups is 1. The van der Waals surface area contributed by atoms with Gasteiger partial charge in [-0.1, -0.05) is 6.42 Å². The summed E-state index contributed by atoms with van der Waals surface area (Å²) >= 11 is 0. The lowest BCUT2D eigenvalue weighted by molar-refractivity contribution is 0.0908. The Labute approximate surface area is 124 Å². The summed E-state index contributed by atoms with van der Waals surface area (Å²) in [6.45, 7) is 0.0530. The van der Waals surface area contributed by atoms with Gasteiger partial charge >= 0.3 is 0 Å². The molecule has 0 aliphatic heterocycles. The summed E-state index contributed by atoms with van der Waals surface area (Å²) in [5.74, 6) is -0.241. The number of aromatic nitrogens is 1. The van der Waals surface area contributed by atoms with Crippen molar-refractivity contribution in [2.24, 2.45) is 13.0 Å². The predicted octanol–water partition coefficient (Wildman–Crippen LogP) is -0.176. The first-order valence-corrected chi connectivity index (χ1v) is 8.39. The van der Waals surface area contributed by atoms with Crippen LogP contribution in [0.25, 0.3) is 0 Å². The molecule has 3 N–H and O–H groups in total. The van der Waals surface area contributed by atoms with Gasteiger partial charge in [0.25, 0.3) is 5.91 Å². The first kappa shape index (κ1) is 16.0. The van der Waals surface area contributed by atoms with Crippen LogP contribution >= 0.6 is 0 Å². The number of aryl methyl sites for hydroxylation is 1. The molecule has 21 heavy (non-hydrogen) atoms. The van der Waals surface area contributed by atoms with Crippen LogP contribution in [0.2, 0.25) is 0 Å². The minimum atomic E-state index is -3.57. The van der Waals surface area contributed by atoms with Gasteiger partial charge in [-0.15, -0.1) is 0 Å². The maximum absolute atomic E-state index is 12.3. The van der Waals surface area contributed by atoms with Crippen LogP contribution < -0.4 is 10.0 Å². The highest BCUT2D eigenvalue weighted by Crippen LogP contribution is 2.25. The van der Waals surface area contributed by atoms with Crippen LogP contribution in [0, 0.1) is 5.92 Å². The van der Waals surface area contributed by atoms with E-state index in [1.165, 1.54) is 23.9 Å². The van der Waals surface area contributed by atoms with Crippen LogP contribution in [0.15, 0.2) is 17.2 Å². The molecule has 1 fully saturated rings. The highest BCUT2D eigenvalue weighted by atomic mass is 32.2. The van der Waals surface area contributed by atoms with Gasteiger partial charge in [0, 0.05) is 31.8 Å². The zero-order valence-corrected chi connectivity index (χ0v) is 13.0. The third-order valence-corrected chi connectivity index (χ3v) is 5.38. The Kier molecular flexibility index (Phi) is 4.70. The van der Waals surface area contributed by atoms with E-state index in [4.69, 9.17) is 0 Å². The normalized spacial score (nSPS) is 22.4. The first-order chi connectivity index (χ1) is 9.89. The Morgan fingerprint density at radius 1 is 1.48 bits per heavy atom. The number of carbonyl (C=O) groups excluding carboxylic acids is 1. The second-order valence-corrected chi connectivity index (χ2v) is 7.22. The molecule has 0 aromatic carbocycles. The number of amides is 1. The molecular weight excluding hydrogens is 294 g/mol. The van der Waals surface area contributed by atoms with Crippen molar-refractivity contribution in [1.29, 1.82) is 0 Å². The Morgan fingerprint density at radius 2 is 2.19 bits per heavy atom. The van der Waals surface area contributed by atoms with Crippen molar-refractivity contribution in [3.8, 4) is 0 Å². The van der Waals surface area contributed by atoms with E-state index < -0.39 is 10.0 Å². The molecule has 118 valence electrons. The number of sulfonamides is 1. The van der Waals surface area contributed by atoms with E-state index in [2.05, 4.69) is 10.0 Å². The molecule has 2 rings (SSSR count). The minimum Gasteiger partial charge on any atom is -0.396 e. The van der Waals surface area contributed by atoms with Crippen molar-refractivity contribution in [2.75, 3.05) is 13.7 Å². The molecular formula is C13H21N3O4S. The van der Waals surface area contributed by atoms with E-state index in [1.54, 1.807) is 7.05 Å². The van der Waals surface area contributed by atoms with Gasteiger partial charge in [-0.2, -0.15) is 0 Å². The number of hydrogen-bond donors (Lipinski definition) is 3. The molecule has 1 aliphatic carbocycles. The van der Waals surface area contributed by atoms with Gasteiger partial charge in [0.15, 0.2) is 0 Å². The summed E-state index contributed by atoms with van der Waals surface area (Å²) in [4.78, 5) is 12.3. The maximum Gasteiger partial charge on any atom is 0.268 e. The van der Waals surface area contributed by atoms with Gasteiger partial charge in [-0.05, 0) is 26.0 Å². The predicted molar refractivity (Wildman–Crippen MR) is 77.3 cm³/mol. The van der Waals surface area contributed by atoms with Crippen LogP contribution in [0.5, 0.6) is 0 Å². The first-order valence-electron chi connectivity index (χ1n) is 6.90. The number of rotatable bonds is 5. The summed E-state index contributed by atoms with van der Waals surface area (Å²) in [6.07, 6.45) is 4.11. The zero-order valence-electron chi connectivity index (χ0n) is 12.2. The summed E-state index contributed by atoms with van der Waals surface area (Å²) in [6, 6.07) is 1.30. The van der Waals surface area contributed by atoms with Crippen molar-refractivity contribution in [3.05, 3.63) is 18.0 Å². The van der Waals surface area contributed by atoms with Crippen molar-refractivity contribution in [3.63, 3.8) is 0 Å². The lowest BCUT2D eigenvalue weighted by atomic mass is 10.1. The topological polar surface area (TPSA) is 100 Å². The summed E-state index contributed by atoms with van der Waals surface area (Å²) in [5.41, 5.74) is 0.285. The zero-order chi connectivity index (χ0) is 15.6. The summed E-state index contributed by atoms with van der Waals surface area (Å²) in [5, 5.41) is 12.2. The molecule has 1 aromatic rings. The third kappa shape index (κ3) is 3.28. The standard InChI is InChI=1S/C13H21N3O4S/c1-14-21(19,20)10-6-12(16(2)7-10)13(18)15-11-5-3-4-9(11)8-17/h6-7,9,11,14,17H,3-5,8H2,1-2H3,(H,15,18). The molecule has 0 saturated heterocycles. The number of aliphatic hydroxyl groups is 1. The Balaban J connectivity index is 2.17. The SMILES string of the molecule is CNS(=O)(=O)c1cc(C(=O)NC2CCCC2CO)n(C)c1. The fourth-order valence-corrected chi connectivity index (χ4v) is 3.51. The molecule has 1 aromatic heterocycles. The molecule has 0 bridgehead atoms. The van der Waals surface area contributed by atoms with Gasteiger partial charge in [-0.3, -0.25) is 4.79 Å². The number of aliphatic hydroxyl groups excluding tert-OH is 1. The van der Waals surface area contributed by atoms with Crippen LogP contribution in [0.3, 0.4) is 0 Å². The summed E-state index contributed by atoms with van der Waals surface area (Å²) < 4.78 is 27.2. The Bertz CT molecular complexity index is 623. The highest BCUT2D eigenvalue weighted by Gasteiger charge is 2.29. The van der Waals surface area contributed by atoms with Gasteiger partial charge < -0.3 is 15.0 Å². The summed E-state index contributed by atoms with van der Waals surface area (Å²) in [7, 11) is -0.614. The van der Waals surface area contributed by atoms with Crippen LogP contribution in [-0.4, -0.2) is 43.7 Å². The molecule has 1 aliphatic rings. The minimum absolute atomic E-state index is 0.0530. The monoisotopic (exact) mass is 315 g/mol. The van der Waals surface area contributed by atoms with Gasteiger partial charge in [0.1, 0.15) is 10.6 Å². The van der Waals surface area contributed by atoms with Crippen LogP contribution in [0.1, 0.15) is 29.8 Å². The van der Waals surface area contributed by atoms with Crippen molar-refractivity contribution in [1.82, 2.24) is 14.6 Å². The van der Waals surface area contributed by atoms with E-state index >= 15 is 0 Å². The smallest absolute Gasteiger partial charge is 0.268 e. The van der Waals surface area contributed by atoms with E-state index in [-0.39, 0.29) is 35.1 Å². The largest absolute Gasteiger partial charge is 0.396 e. The van der Waals surface area contributed by atoms with Crippen molar-refractivity contribution >= 4 is 15.9 Å². The number of nitrogens with one attached hydrogen (secondary N) is 2. The number of nitrogens with zero attached hydrogens (tertiary/aromatic N) is 1. The fraction of sp³-hybridized carbons (Fsp3) is 0.615. The molecule has 0 radical (unpaired) electrons. The average Bonchev–Trinajstić information content (AvgIpc) is 3.05. The Hall–Kier alpha value is -1.38. The molecule has 8 heteroatoms. The van der Waals surface area contributed by atoms with Gasteiger partial charge in [0.2, 0.25) is 10.0 Å². The number of hydrogen-bond acceptors (Lipinski definition) is 4. The molecule has 1 saturated carbocycles. The van der Waals surface area contributed by atoms with Crippen molar-refractivity contribution < 1.29 is 18.3 Å². The molecule has 0 spiro atoms. The molecule has 7 nitrogen and oxygen atoms in total. The van der Waals surface area contributed by atoms with Gasteiger partial charge in [0.05, 0.1) is 0 Å². The van der Waals surface area contributed by atoms with E-state index in [9.17, 15) is 18.3 Å². The Morgan fingerprint density at radius 3 is 2.81 bits per heavy atom. The molecule has 1 heterocycles. The van der Waals surface area contributed by atoms with E-state index in [0.29, 0.717) is 0 Å².